The van der Waals surface area contributed by atoms with Crippen molar-refractivity contribution < 1.29 is 4.79 Å². The van der Waals surface area contributed by atoms with Crippen molar-refractivity contribution in [3.8, 4) is 5.69 Å². The van der Waals surface area contributed by atoms with Crippen LogP contribution >= 0.6 is 15.9 Å². The minimum atomic E-state index is -0.156. The molecule has 26 heavy (non-hydrogen) atoms. The largest absolute Gasteiger partial charge is 0.340 e. The van der Waals surface area contributed by atoms with Crippen molar-refractivity contribution in [3.05, 3.63) is 81.6 Å². The first kappa shape index (κ1) is 17.0. The lowest BCUT2D eigenvalue weighted by atomic mass is 9.96. The van der Waals surface area contributed by atoms with Crippen LogP contribution in [0.25, 0.3) is 5.69 Å². The van der Waals surface area contributed by atoms with Crippen LogP contribution in [0.2, 0.25) is 0 Å². The molecule has 0 saturated carbocycles. The predicted octanol–water partition coefficient (Wildman–Crippen LogP) is 4.67. The second kappa shape index (κ2) is 6.72. The van der Waals surface area contributed by atoms with Gasteiger partial charge in [0, 0.05) is 10.0 Å². The fourth-order valence-corrected chi connectivity index (χ4v) is 3.73. The van der Waals surface area contributed by atoms with Gasteiger partial charge in [-0.1, -0.05) is 60.1 Å². The molecular weight excluding hydrogens is 390 g/mol. The third-order valence-corrected chi connectivity index (χ3v) is 5.11. The molecule has 4 nitrogen and oxygen atoms in total. The van der Waals surface area contributed by atoms with E-state index < -0.39 is 0 Å². The maximum atomic E-state index is 12.8. The first-order chi connectivity index (χ1) is 12.5. The molecule has 0 radical (unpaired) electrons. The van der Waals surface area contributed by atoms with Gasteiger partial charge in [-0.05, 0) is 42.2 Å². The molecule has 4 rings (SSSR count). The van der Waals surface area contributed by atoms with Gasteiger partial charge in [-0.2, -0.15) is 5.10 Å². The Balaban J connectivity index is 1.88. The van der Waals surface area contributed by atoms with E-state index in [4.69, 9.17) is 5.10 Å². The SMILES string of the molecule is CC(C)Cc1nn(-c2ccccc2)c2c1C(c1ccc(Br)cc1)NC2=O. The number of para-hydroxylation sites is 1. The van der Waals surface area contributed by atoms with Crippen molar-refractivity contribution in [1.82, 2.24) is 15.1 Å². The summed E-state index contributed by atoms with van der Waals surface area (Å²) < 4.78 is 2.81. The Hall–Kier alpha value is -2.40. The van der Waals surface area contributed by atoms with Crippen molar-refractivity contribution in [3.63, 3.8) is 0 Å². The zero-order valence-corrected chi connectivity index (χ0v) is 16.3. The monoisotopic (exact) mass is 409 g/mol. The van der Waals surface area contributed by atoms with E-state index in [9.17, 15) is 4.79 Å². The number of fused-ring (bicyclic) bond motifs is 1. The number of benzene rings is 2. The summed E-state index contributed by atoms with van der Waals surface area (Å²) in [6, 6.07) is 17.8. The van der Waals surface area contributed by atoms with Crippen molar-refractivity contribution in [2.24, 2.45) is 5.92 Å². The molecule has 0 bridgehead atoms. The molecule has 1 amide bonds. The van der Waals surface area contributed by atoms with Crippen molar-refractivity contribution >= 4 is 21.8 Å². The highest BCUT2D eigenvalue weighted by Crippen LogP contribution is 2.36. The summed E-state index contributed by atoms with van der Waals surface area (Å²) in [4.78, 5) is 12.8. The highest BCUT2D eigenvalue weighted by Gasteiger charge is 2.37. The number of halogens is 1. The molecule has 5 heteroatoms. The third-order valence-electron chi connectivity index (χ3n) is 4.58. The number of carbonyl (C=O) groups is 1. The van der Waals surface area contributed by atoms with E-state index in [1.807, 2.05) is 54.6 Å². The number of hydrogen-bond acceptors (Lipinski definition) is 2. The van der Waals surface area contributed by atoms with Gasteiger partial charge in [0.2, 0.25) is 0 Å². The van der Waals surface area contributed by atoms with Crippen LogP contribution in [0.5, 0.6) is 0 Å². The summed E-state index contributed by atoms with van der Waals surface area (Å²) in [6.07, 6.45) is 0.837. The van der Waals surface area contributed by atoms with Crippen LogP contribution in [0.1, 0.15) is 47.2 Å². The van der Waals surface area contributed by atoms with Gasteiger partial charge in [-0.3, -0.25) is 4.79 Å². The van der Waals surface area contributed by atoms with Crippen LogP contribution in [0.15, 0.2) is 59.1 Å². The minimum absolute atomic E-state index is 0.0701. The Bertz CT molecular complexity index is 945. The molecule has 2 heterocycles. The Kier molecular flexibility index (Phi) is 4.41. The number of hydrogen-bond donors (Lipinski definition) is 1. The van der Waals surface area contributed by atoms with Crippen molar-refractivity contribution in [1.29, 1.82) is 0 Å². The molecule has 1 aliphatic heterocycles. The summed E-state index contributed by atoms with van der Waals surface area (Å²) >= 11 is 3.48. The maximum absolute atomic E-state index is 12.8. The van der Waals surface area contributed by atoms with Gasteiger partial charge in [0.05, 0.1) is 17.4 Å². The summed E-state index contributed by atoms with van der Waals surface area (Å²) in [6.45, 7) is 4.35. The lowest BCUT2D eigenvalue weighted by Crippen LogP contribution is -2.23. The highest BCUT2D eigenvalue weighted by atomic mass is 79.9. The first-order valence-corrected chi connectivity index (χ1v) is 9.57. The van der Waals surface area contributed by atoms with Crippen molar-refractivity contribution in [2.75, 3.05) is 0 Å². The summed E-state index contributed by atoms with van der Waals surface area (Å²) in [5.74, 6) is 0.388. The lowest BCUT2D eigenvalue weighted by Gasteiger charge is -2.14. The van der Waals surface area contributed by atoms with E-state index in [-0.39, 0.29) is 11.9 Å². The van der Waals surface area contributed by atoms with Crippen LogP contribution in [-0.2, 0) is 6.42 Å². The Labute approximate surface area is 161 Å². The summed E-state index contributed by atoms with van der Waals surface area (Å²) in [7, 11) is 0. The molecule has 1 aliphatic rings. The van der Waals surface area contributed by atoms with E-state index in [1.165, 1.54) is 0 Å². The minimum Gasteiger partial charge on any atom is -0.340 e. The van der Waals surface area contributed by atoms with Gasteiger partial charge in [0.25, 0.3) is 5.91 Å². The Morgan fingerprint density at radius 1 is 1.12 bits per heavy atom. The number of nitrogens with one attached hydrogen (secondary N) is 1. The molecule has 1 N–H and O–H groups in total. The van der Waals surface area contributed by atoms with E-state index in [1.54, 1.807) is 4.68 Å². The Morgan fingerprint density at radius 2 is 1.81 bits per heavy atom. The topological polar surface area (TPSA) is 46.9 Å². The number of aromatic nitrogens is 2. The maximum Gasteiger partial charge on any atom is 0.271 e. The number of nitrogens with zero attached hydrogens (tertiary/aromatic N) is 2. The predicted molar refractivity (Wildman–Crippen MR) is 106 cm³/mol. The van der Waals surface area contributed by atoms with Gasteiger partial charge in [0.1, 0.15) is 5.69 Å². The van der Waals surface area contributed by atoms with Crippen molar-refractivity contribution in [2.45, 2.75) is 26.3 Å². The molecule has 3 aromatic rings. The van der Waals surface area contributed by atoms with Gasteiger partial charge >= 0.3 is 0 Å². The number of rotatable bonds is 4. The van der Waals surface area contributed by atoms with Gasteiger partial charge in [-0.25, -0.2) is 4.68 Å². The summed E-state index contributed by atoms with van der Waals surface area (Å²) in [5.41, 5.74) is 4.63. The highest BCUT2D eigenvalue weighted by molar-refractivity contribution is 9.10. The van der Waals surface area contributed by atoms with E-state index >= 15 is 0 Å². The zero-order chi connectivity index (χ0) is 18.3. The quantitative estimate of drug-likeness (QED) is 0.680. The van der Waals surface area contributed by atoms with Gasteiger partial charge < -0.3 is 5.32 Å². The second-order valence-electron chi connectivity index (χ2n) is 7.01. The average Bonchev–Trinajstić information content (AvgIpc) is 3.15. The van der Waals surface area contributed by atoms with Crippen LogP contribution in [0.4, 0.5) is 0 Å². The van der Waals surface area contributed by atoms with Crippen LogP contribution in [0.3, 0.4) is 0 Å². The van der Waals surface area contributed by atoms with Crippen LogP contribution in [0, 0.1) is 5.92 Å². The zero-order valence-electron chi connectivity index (χ0n) is 14.7. The second-order valence-corrected chi connectivity index (χ2v) is 7.93. The van der Waals surface area contributed by atoms with E-state index in [0.717, 1.165) is 33.4 Å². The number of carbonyl (C=O) groups excluding carboxylic acids is 1. The third kappa shape index (κ3) is 2.97. The average molecular weight is 410 g/mol. The van der Waals surface area contributed by atoms with Gasteiger partial charge in [-0.15, -0.1) is 0 Å². The van der Waals surface area contributed by atoms with E-state index in [0.29, 0.717) is 11.6 Å². The molecule has 0 fully saturated rings. The first-order valence-electron chi connectivity index (χ1n) is 8.78. The van der Waals surface area contributed by atoms with E-state index in [2.05, 4.69) is 35.1 Å². The molecule has 1 atom stereocenters. The fourth-order valence-electron chi connectivity index (χ4n) is 3.47. The molecule has 132 valence electrons. The molecule has 0 spiro atoms. The fraction of sp³-hybridized carbons (Fsp3) is 0.238. The summed E-state index contributed by atoms with van der Waals surface area (Å²) in [5, 5.41) is 7.98. The molecule has 0 aliphatic carbocycles. The normalized spacial score (nSPS) is 16.0. The van der Waals surface area contributed by atoms with Crippen LogP contribution < -0.4 is 5.32 Å². The van der Waals surface area contributed by atoms with Gasteiger partial charge in [0.15, 0.2) is 0 Å². The molecule has 1 aromatic heterocycles. The number of amides is 1. The molecule has 0 saturated heterocycles. The molecular formula is C21H20BrN3O. The van der Waals surface area contributed by atoms with Crippen LogP contribution in [-0.4, -0.2) is 15.7 Å². The molecule has 2 aromatic carbocycles. The smallest absolute Gasteiger partial charge is 0.271 e. The lowest BCUT2D eigenvalue weighted by molar-refractivity contribution is 0.0953. The molecule has 1 unspecified atom stereocenters. The Morgan fingerprint density at radius 3 is 2.46 bits per heavy atom. The standard InChI is InChI=1S/C21H20BrN3O/c1-13(2)12-17-18-19(14-8-10-15(22)11-9-14)23-21(26)20(18)25(24-17)16-6-4-3-5-7-16/h3-11,13,19H,12H2,1-2H3,(H,23,26).